The number of Topliss-reactive ketones (excluding diaryl/α,β-unsaturated/α-hetero) is 1. The molecule has 0 aromatic heterocycles. The zero-order valence-electron chi connectivity index (χ0n) is 16.6. The fraction of sp³-hybridized carbons (Fsp3) is 0.200. The van der Waals surface area contributed by atoms with E-state index in [1.807, 2.05) is 66.7 Å². The van der Waals surface area contributed by atoms with E-state index in [9.17, 15) is 9.59 Å². The molecule has 3 aromatic rings. The number of carbonyl (C=O) groups is 2. The highest BCUT2D eigenvalue weighted by Crippen LogP contribution is 2.24. The molecule has 0 spiro atoms. The lowest BCUT2D eigenvalue weighted by Crippen LogP contribution is -2.10. The average Bonchev–Trinajstić information content (AvgIpc) is 2.77. The number of carbonyl (C=O) groups excluding carboxylic acids is 2. The van der Waals surface area contributed by atoms with Crippen LogP contribution in [0.15, 0.2) is 83.8 Å². The maximum atomic E-state index is 12.6. The van der Waals surface area contributed by atoms with E-state index in [2.05, 4.69) is 24.4 Å². The van der Waals surface area contributed by atoms with Crippen LogP contribution in [0.4, 0.5) is 5.69 Å². The smallest absolute Gasteiger partial charge is 0.224 e. The molecule has 0 aliphatic carbocycles. The highest BCUT2D eigenvalue weighted by atomic mass is 32.2. The summed E-state index contributed by atoms with van der Waals surface area (Å²) in [5.74, 6) is 0.480. The first-order chi connectivity index (χ1) is 14.2. The Labute approximate surface area is 176 Å². The highest BCUT2D eigenvalue weighted by molar-refractivity contribution is 8.00. The molecule has 0 heterocycles. The first-order valence-electron chi connectivity index (χ1n) is 9.87. The van der Waals surface area contributed by atoms with Gasteiger partial charge in [-0.05, 0) is 35.7 Å². The summed E-state index contributed by atoms with van der Waals surface area (Å²) in [6.45, 7) is 2.07. The Kier molecular flexibility index (Phi) is 7.65. The standard InChI is InChI=1S/C25H25NO2S/c1-2-3-12-25(28)26-22-10-7-11-23(17-22)29-18-24(27)21-15-13-20(14-16-21)19-8-5-4-6-9-19/h4-11,13-17H,2-3,12,18H2,1H3,(H,26,28). The summed E-state index contributed by atoms with van der Waals surface area (Å²) in [4.78, 5) is 25.4. The van der Waals surface area contributed by atoms with E-state index in [0.717, 1.165) is 34.6 Å². The Hall–Kier alpha value is -2.85. The first-order valence-corrected chi connectivity index (χ1v) is 10.9. The third kappa shape index (κ3) is 6.33. The van der Waals surface area contributed by atoms with Gasteiger partial charge in [0, 0.05) is 22.6 Å². The van der Waals surface area contributed by atoms with E-state index < -0.39 is 0 Å². The number of hydrogen-bond donors (Lipinski definition) is 1. The van der Waals surface area contributed by atoms with E-state index in [1.54, 1.807) is 0 Å². The Morgan fingerprint density at radius 1 is 0.862 bits per heavy atom. The lowest BCUT2D eigenvalue weighted by atomic mass is 10.0. The second-order valence-corrected chi connectivity index (χ2v) is 7.88. The third-order valence-electron chi connectivity index (χ3n) is 4.56. The van der Waals surface area contributed by atoms with Crippen molar-refractivity contribution in [3.63, 3.8) is 0 Å². The molecule has 29 heavy (non-hydrogen) atoms. The Morgan fingerprint density at radius 2 is 1.59 bits per heavy atom. The number of anilines is 1. The molecule has 0 saturated heterocycles. The van der Waals surface area contributed by atoms with Crippen molar-refractivity contribution in [3.05, 3.63) is 84.4 Å². The topological polar surface area (TPSA) is 46.2 Å². The second-order valence-electron chi connectivity index (χ2n) is 6.83. The van der Waals surface area contributed by atoms with Gasteiger partial charge in [-0.25, -0.2) is 0 Å². The minimum atomic E-state index is 0.0311. The normalized spacial score (nSPS) is 10.5. The molecule has 4 heteroatoms. The molecule has 3 nitrogen and oxygen atoms in total. The summed E-state index contributed by atoms with van der Waals surface area (Å²) in [5, 5.41) is 2.92. The number of amides is 1. The third-order valence-corrected chi connectivity index (χ3v) is 5.55. The van der Waals surface area contributed by atoms with Crippen LogP contribution >= 0.6 is 11.8 Å². The average molecular weight is 404 g/mol. The van der Waals surface area contributed by atoms with Crippen LogP contribution in [0.1, 0.15) is 36.5 Å². The number of benzene rings is 3. The minimum absolute atomic E-state index is 0.0311. The zero-order chi connectivity index (χ0) is 20.5. The summed E-state index contributed by atoms with van der Waals surface area (Å²) in [6, 6.07) is 25.5. The molecule has 0 aliphatic heterocycles. The Bertz CT molecular complexity index is 952. The van der Waals surface area contributed by atoms with Crippen LogP contribution in [0, 0.1) is 0 Å². The molecule has 0 radical (unpaired) electrons. The van der Waals surface area contributed by atoms with Gasteiger partial charge in [0.1, 0.15) is 0 Å². The molecule has 0 aliphatic rings. The van der Waals surface area contributed by atoms with Crippen molar-refractivity contribution in [1.29, 1.82) is 0 Å². The maximum Gasteiger partial charge on any atom is 0.224 e. The number of nitrogens with one attached hydrogen (secondary N) is 1. The van der Waals surface area contributed by atoms with E-state index in [0.29, 0.717) is 17.7 Å². The van der Waals surface area contributed by atoms with Crippen LogP contribution in [-0.4, -0.2) is 17.4 Å². The molecular weight excluding hydrogens is 378 g/mol. The molecular formula is C25H25NO2S. The van der Waals surface area contributed by atoms with Crippen LogP contribution in [0.2, 0.25) is 0 Å². The SMILES string of the molecule is CCCCC(=O)Nc1cccc(SCC(=O)c2ccc(-c3ccccc3)cc2)c1. The fourth-order valence-electron chi connectivity index (χ4n) is 2.94. The fourth-order valence-corrected chi connectivity index (χ4v) is 3.79. The number of hydrogen-bond acceptors (Lipinski definition) is 3. The van der Waals surface area contributed by atoms with E-state index in [1.165, 1.54) is 11.8 Å². The Balaban J connectivity index is 1.56. The minimum Gasteiger partial charge on any atom is -0.326 e. The van der Waals surface area contributed by atoms with Crippen LogP contribution in [0.25, 0.3) is 11.1 Å². The lowest BCUT2D eigenvalue weighted by Gasteiger charge is -2.07. The van der Waals surface area contributed by atoms with Gasteiger partial charge in [-0.15, -0.1) is 11.8 Å². The van der Waals surface area contributed by atoms with Crippen molar-refractivity contribution >= 4 is 29.1 Å². The predicted molar refractivity (Wildman–Crippen MR) is 122 cm³/mol. The van der Waals surface area contributed by atoms with Crippen molar-refractivity contribution in [2.75, 3.05) is 11.1 Å². The number of thioether (sulfide) groups is 1. The van der Waals surface area contributed by atoms with Gasteiger partial charge >= 0.3 is 0 Å². The van der Waals surface area contributed by atoms with Gasteiger partial charge in [0.2, 0.25) is 5.91 Å². The number of ketones is 1. The number of unbranched alkanes of at least 4 members (excludes halogenated alkanes) is 1. The van der Waals surface area contributed by atoms with Gasteiger partial charge in [0.05, 0.1) is 5.75 Å². The highest BCUT2D eigenvalue weighted by Gasteiger charge is 2.08. The van der Waals surface area contributed by atoms with Gasteiger partial charge in [0.25, 0.3) is 0 Å². The summed E-state index contributed by atoms with van der Waals surface area (Å²) in [7, 11) is 0. The van der Waals surface area contributed by atoms with Crippen LogP contribution in [-0.2, 0) is 4.79 Å². The summed E-state index contributed by atoms with van der Waals surface area (Å²) in [6.07, 6.45) is 2.42. The maximum absolute atomic E-state index is 12.6. The van der Waals surface area contributed by atoms with Crippen molar-refractivity contribution in [3.8, 4) is 11.1 Å². The quantitative estimate of drug-likeness (QED) is 0.329. The van der Waals surface area contributed by atoms with Crippen LogP contribution in [0.3, 0.4) is 0 Å². The molecule has 0 atom stereocenters. The molecule has 0 bridgehead atoms. The van der Waals surface area contributed by atoms with Gasteiger partial charge in [-0.1, -0.05) is 74.0 Å². The predicted octanol–water partition coefficient (Wildman–Crippen LogP) is 6.46. The van der Waals surface area contributed by atoms with Gasteiger partial charge in [-0.3, -0.25) is 9.59 Å². The van der Waals surface area contributed by atoms with E-state index >= 15 is 0 Å². The van der Waals surface area contributed by atoms with Crippen molar-refractivity contribution < 1.29 is 9.59 Å². The monoisotopic (exact) mass is 403 g/mol. The second kappa shape index (κ2) is 10.6. The largest absolute Gasteiger partial charge is 0.326 e. The van der Waals surface area contributed by atoms with Crippen molar-refractivity contribution in [2.45, 2.75) is 31.1 Å². The molecule has 1 amide bonds. The summed E-state index contributed by atoms with van der Waals surface area (Å²) < 4.78 is 0. The molecule has 0 saturated carbocycles. The first kappa shape index (κ1) is 20.9. The lowest BCUT2D eigenvalue weighted by molar-refractivity contribution is -0.116. The molecule has 0 unspecified atom stereocenters. The van der Waals surface area contributed by atoms with Crippen molar-refractivity contribution in [1.82, 2.24) is 0 Å². The molecule has 0 fully saturated rings. The van der Waals surface area contributed by atoms with Crippen LogP contribution in [0.5, 0.6) is 0 Å². The molecule has 3 aromatic carbocycles. The molecule has 148 valence electrons. The summed E-state index contributed by atoms with van der Waals surface area (Å²) in [5.41, 5.74) is 3.72. The van der Waals surface area contributed by atoms with Gasteiger partial charge in [0.15, 0.2) is 5.78 Å². The van der Waals surface area contributed by atoms with Crippen molar-refractivity contribution in [2.24, 2.45) is 0 Å². The van der Waals surface area contributed by atoms with Crippen LogP contribution < -0.4 is 5.32 Å². The van der Waals surface area contributed by atoms with Gasteiger partial charge in [-0.2, -0.15) is 0 Å². The summed E-state index contributed by atoms with van der Waals surface area (Å²) >= 11 is 1.48. The molecule has 1 N–H and O–H groups in total. The Morgan fingerprint density at radius 3 is 2.31 bits per heavy atom. The van der Waals surface area contributed by atoms with E-state index in [4.69, 9.17) is 0 Å². The van der Waals surface area contributed by atoms with E-state index in [-0.39, 0.29) is 11.7 Å². The molecule has 3 rings (SSSR count). The van der Waals surface area contributed by atoms with Gasteiger partial charge < -0.3 is 5.32 Å². The zero-order valence-corrected chi connectivity index (χ0v) is 17.4. The number of rotatable bonds is 9.